The van der Waals surface area contributed by atoms with Crippen LogP contribution in [0.4, 0.5) is 0 Å². The van der Waals surface area contributed by atoms with E-state index in [9.17, 15) is 0 Å². The van der Waals surface area contributed by atoms with E-state index in [1.54, 1.807) is 0 Å². The maximum absolute atomic E-state index is 5.48. The largest absolute Gasteiger partial charge is 0.364 e. The minimum atomic E-state index is 0.381. The summed E-state index contributed by atoms with van der Waals surface area (Å²) < 4.78 is 6.64. The molecule has 0 N–H and O–H groups in total. The van der Waals surface area contributed by atoms with Crippen LogP contribution in [-0.4, -0.2) is 12.2 Å². The summed E-state index contributed by atoms with van der Waals surface area (Å²) in [5.74, 6) is 0. The molecule has 2 heteroatoms. The highest BCUT2D eigenvalue weighted by atomic mass is 127. The number of ether oxygens (including phenoxy) is 1. The lowest BCUT2D eigenvalue weighted by molar-refractivity contribution is 0.372. The van der Waals surface area contributed by atoms with E-state index in [1.807, 2.05) is 0 Å². The van der Waals surface area contributed by atoms with Crippen LogP contribution in [0.5, 0.6) is 0 Å². The van der Waals surface area contributed by atoms with Gasteiger partial charge in [-0.1, -0.05) is 45.6 Å². The molecule has 1 fully saturated rings. The Morgan fingerprint density at radius 1 is 1.31 bits per heavy atom. The number of halogens is 1. The Balaban J connectivity index is 1.88. The Labute approximate surface area is 95.1 Å². The van der Waals surface area contributed by atoms with Gasteiger partial charge in [-0.15, -0.1) is 0 Å². The molecule has 0 radical (unpaired) electrons. The average molecular weight is 294 g/mol. The molecule has 13 heavy (non-hydrogen) atoms. The van der Waals surface area contributed by atoms with Crippen molar-refractivity contribution in [1.82, 2.24) is 0 Å². The zero-order chi connectivity index (χ0) is 9.68. The van der Waals surface area contributed by atoms with Crippen molar-refractivity contribution in [2.75, 3.05) is 0 Å². The summed E-state index contributed by atoms with van der Waals surface area (Å²) in [6.07, 6.45) is 8.91. The molecule has 0 amide bonds. The molecular formula is C11H19IO. The second-order valence-corrected chi connectivity index (χ2v) is 5.13. The SMILES string of the molecule is C=C(I)[C@@H]1O[C@H]1CCCCCCC. The lowest BCUT2D eigenvalue weighted by Crippen LogP contribution is -1.92. The molecule has 1 nitrogen and oxygen atoms in total. The predicted molar refractivity (Wildman–Crippen MR) is 65.2 cm³/mol. The summed E-state index contributed by atoms with van der Waals surface area (Å²) in [5, 5.41) is 0. The molecule has 0 unspecified atom stereocenters. The van der Waals surface area contributed by atoms with Gasteiger partial charge in [-0.05, 0) is 29.0 Å². The van der Waals surface area contributed by atoms with Gasteiger partial charge < -0.3 is 4.74 Å². The van der Waals surface area contributed by atoms with Crippen molar-refractivity contribution in [3.63, 3.8) is 0 Å². The normalized spacial score (nSPS) is 26.0. The monoisotopic (exact) mass is 294 g/mol. The number of epoxide rings is 1. The molecule has 1 aliphatic rings. The fourth-order valence-electron chi connectivity index (χ4n) is 1.59. The molecule has 1 aliphatic heterocycles. The number of hydrogen-bond acceptors (Lipinski definition) is 1. The molecule has 1 heterocycles. The number of rotatable bonds is 7. The second-order valence-electron chi connectivity index (χ2n) is 3.74. The molecular weight excluding hydrogens is 275 g/mol. The summed E-state index contributed by atoms with van der Waals surface area (Å²) in [6.45, 7) is 6.14. The Hall–Kier alpha value is 0.430. The Bertz CT molecular complexity index is 167. The first kappa shape index (κ1) is 11.5. The highest BCUT2D eigenvalue weighted by Crippen LogP contribution is 2.35. The van der Waals surface area contributed by atoms with Crippen LogP contribution in [0.3, 0.4) is 0 Å². The van der Waals surface area contributed by atoms with Gasteiger partial charge in [0.2, 0.25) is 0 Å². The van der Waals surface area contributed by atoms with Crippen LogP contribution in [-0.2, 0) is 4.74 Å². The van der Waals surface area contributed by atoms with E-state index in [0.717, 1.165) is 3.58 Å². The second kappa shape index (κ2) is 6.02. The topological polar surface area (TPSA) is 12.5 Å². The van der Waals surface area contributed by atoms with Crippen LogP contribution < -0.4 is 0 Å². The fourth-order valence-corrected chi connectivity index (χ4v) is 2.13. The van der Waals surface area contributed by atoms with Gasteiger partial charge >= 0.3 is 0 Å². The lowest BCUT2D eigenvalue weighted by Gasteiger charge is -1.97. The van der Waals surface area contributed by atoms with Gasteiger partial charge in [0.1, 0.15) is 6.10 Å². The molecule has 0 saturated carbocycles. The maximum atomic E-state index is 5.48. The molecule has 0 aromatic rings. The highest BCUT2D eigenvalue weighted by molar-refractivity contribution is 14.1. The van der Waals surface area contributed by atoms with Crippen molar-refractivity contribution in [3.8, 4) is 0 Å². The molecule has 0 aromatic carbocycles. The van der Waals surface area contributed by atoms with Crippen LogP contribution in [0.2, 0.25) is 0 Å². The van der Waals surface area contributed by atoms with Gasteiger partial charge in [0.25, 0.3) is 0 Å². The van der Waals surface area contributed by atoms with Crippen LogP contribution in [0, 0.1) is 0 Å². The van der Waals surface area contributed by atoms with Crippen LogP contribution in [0.25, 0.3) is 0 Å². The van der Waals surface area contributed by atoms with Crippen LogP contribution in [0.1, 0.15) is 45.4 Å². The Kier molecular flexibility index (Phi) is 5.32. The van der Waals surface area contributed by atoms with Gasteiger partial charge in [-0.25, -0.2) is 0 Å². The average Bonchev–Trinajstić information content (AvgIpc) is 2.83. The first-order chi connectivity index (χ1) is 6.25. The first-order valence-corrected chi connectivity index (χ1v) is 6.33. The summed E-state index contributed by atoms with van der Waals surface area (Å²) in [7, 11) is 0. The van der Waals surface area contributed by atoms with E-state index >= 15 is 0 Å². The van der Waals surface area contributed by atoms with E-state index in [0.29, 0.717) is 12.2 Å². The Morgan fingerprint density at radius 2 is 2.00 bits per heavy atom. The van der Waals surface area contributed by atoms with Gasteiger partial charge in [0, 0.05) is 3.58 Å². The third kappa shape index (κ3) is 4.45. The van der Waals surface area contributed by atoms with Gasteiger partial charge in [-0.3, -0.25) is 0 Å². The molecule has 0 bridgehead atoms. The summed E-state index contributed by atoms with van der Waals surface area (Å²) in [5.41, 5.74) is 0. The van der Waals surface area contributed by atoms with Crippen molar-refractivity contribution < 1.29 is 4.74 Å². The standard InChI is InChI=1S/C11H19IO/c1-3-4-5-6-7-8-10-11(13-10)9(2)12/h10-11H,2-8H2,1H3/t10-,11-/m0/s1. The third-order valence-electron chi connectivity index (χ3n) is 2.48. The fraction of sp³-hybridized carbons (Fsp3) is 0.818. The zero-order valence-corrected chi connectivity index (χ0v) is 10.5. The molecule has 0 aromatic heterocycles. The lowest BCUT2D eigenvalue weighted by atomic mass is 10.1. The summed E-state index contributed by atoms with van der Waals surface area (Å²) in [4.78, 5) is 0. The molecule has 1 rings (SSSR count). The predicted octanol–water partition coefficient (Wildman–Crippen LogP) is 4.06. The molecule has 0 aliphatic carbocycles. The van der Waals surface area contributed by atoms with Crippen LogP contribution >= 0.6 is 22.6 Å². The van der Waals surface area contributed by atoms with Gasteiger partial charge in [0.15, 0.2) is 0 Å². The third-order valence-corrected chi connectivity index (χ3v) is 3.10. The molecule has 2 atom stereocenters. The number of unbranched alkanes of at least 4 members (excludes halogenated alkanes) is 4. The maximum Gasteiger partial charge on any atom is 0.114 e. The van der Waals surface area contributed by atoms with Crippen molar-refractivity contribution in [2.24, 2.45) is 0 Å². The van der Waals surface area contributed by atoms with Gasteiger partial charge in [0.05, 0.1) is 6.10 Å². The van der Waals surface area contributed by atoms with Crippen molar-refractivity contribution >= 4 is 22.6 Å². The van der Waals surface area contributed by atoms with E-state index in [1.165, 1.54) is 38.5 Å². The van der Waals surface area contributed by atoms with E-state index in [4.69, 9.17) is 4.74 Å². The summed E-state index contributed by atoms with van der Waals surface area (Å²) in [6, 6.07) is 0. The quantitative estimate of drug-likeness (QED) is 0.392. The van der Waals surface area contributed by atoms with E-state index in [2.05, 4.69) is 36.1 Å². The van der Waals surface area contributed by atoms with Crippen molar-refractivity contribution in [1.29, 1.82) is 0 Å². The van der Waals surface area contributed by atoms with Gasteiger partial charge in [-0.2, -0.15) is 0 Å². The minimum Gasteiger partial charge on any atom is -0.364 e. The summed E-state index contributed by atoms with van der Waals surface area (Å²) >= 11 is 2.27. The first-order valence-electron chi connectivity index (χ1n) is 5.25. The smallest absolute Gasteiger partial charge is 0.114 e. The molecule has 76 valence electrons. The Morgan fingerprint density at radius 3 is 2.54 bits per heavy atom. The molecule has 1 saturated heterocycles. The van der Waals surface area contributed by atoms with Crippen molar-refractivity contribution in [2.45, 2.75) is 57.7 Å². The van der Waals surface area contributed by atoms with Crippen molar-refractivity contribution in [3.05, 3.63) is 10.2 Å². The number of hydrogen-bond donors (Lipinski definition) is 0. The molecule has 0 spiro atoms. The zero-order valence-electron chi connectivity index (χ0n) is 8.39. The van der Waals surface area contributed by atoms with E-state index < -0.39 is 0 Å². The van der Waals surface area contributed by atoms with E-state index in [-0.39, 0.29) is 0 Å². The highest BCUT2D eigenvalue weighted by Gasteiger charge is 2.39. The van der Waals surface area contributed by atoms with Crippen LogP contribution in [0.15, 0.2) is 10.2 Å². The minimum absolute atomic E-state index is 0.381.